The Bertz CT molecular complexity index is 468. The summed E-state index contributed by atoms with van der Waals surface area (Å²) < 4.78 is 0.920. The molecule has 0 spiro atoms. The second-order valence-corrected chi connectivity index (χ2v) is 5.76. The maximum Gasteiger partial charge on any atom is 0.305 e. The number of rotatable bonds is 6. The molecule has 0 heterocycles. The molecule has 1 saturated carbocycles. The number of amides is 1. The highest BCUT2D eigenvalue weighted by atomic mass is 79.9. The normalized spacial score (nSPS) is 14.2. The first-order valence-electron chi connectivity index (χ1n) is 6.33. The van der Waals surface area contributed by atoms with Crippen molar-refractivity contribution in [3.8, 4) is 0 Å². The molecule has 102 valence electrons. The molecule has 0 atom stereocenters. The van der Waals surface area contributed by atoms with Crippen molar-refractivity contribution in [2.24, 2.45) is 5.92 Å². The third-order valence-corrected chi connectivity index (χ3v) is 3.68. The molecule has 0 aliphatic heterocycles. The number of hydrogen-bond donors (Lipinski definition) is 1. The zero-order valence-electron chi connectivity index (χ0n) is 10.5. The van der Waals surface area contributed by atoms with Crippen LogP contribution in [0.5, 0.6) is 0 Å². The molecular weight excluding hydrogens is 310 g/mol. The summed E-state index contributed by atoms with van der Waals surface area (Å²) in [5.74, 6) is -0.404. The van der Waals surface area contributed by atoms with Crippen LogP contribution in [0.1, 0.15) is 29.6 Å². The molecule has 0 unspecified atom stereocenters. The minimum Gasteiger partial charge on any atom is -0.481 e. The van der Waals surface area contributed by atoms with Gasteiger partial charge in [0.1, 0.15) is 0 Å². The summed E-state index contributed by atoms with van der Waals surface area (Å²) in [7, 11) is 0. The lowest BCUT2D eigenvalue weighted by Gasteiger charge is -2.22. The number of carboxylic acid groups (broad SMARTS) is 1. The van der Waals surface area contributed by atoms with Crippen LogP contribution in [0.3, 0.4) is 0 Å². The monoisotopic (exact) mass is 325 g/mol. The highest BCUT2D eigenvalue weighted by Gasteiger charge is 2.27. The van der Waals surface area contributed by atoms with Crippen molar-refractivity contribution in [1.82, 2.24) is 4.90 Å². The molecule has 0 aromatic heterocycles. The van der Waals surface area contributed by atoms with E-state index in [2.05, 4.69) is 15.9 Å². The van der Waals surface area contributed by atoms with E-state index in [9.17, 15) is 9.59 Å². The van der Waals surface area contributed by atoms with E-state index in [0.29, 0.717) is 18.0 Å². The summed E-state index contributed by atoms with van der Waals surface area (Å²) in [6.45, 7) is 0.947. The fourth-order valence-corrected chi connectivity index (χ4v) is 2.16. The number of carbonyl (C=O) groups excluding carboxylic acids is 1. The van der Waals surface area contributed by atoms with Gasteiger partial charge in [-0.3, -0.25) is 9.59 Å². The van der Waals surface area contributed by atoms with Gasteiger partial charge in [0.05, 0.1) is 6.42 Å². The first-order chi connectivity index (χ1) is 9.06. The predicted molar refractivity (Wildman–Crippen MR) is 75.0 cm³/mol. The van der Waals surface area contributed by atoms with Crippen molar-refractivity contribution in [3.05, 3.63) is 34.3 Å². The van der Waals surface area contributed by atoms with E-state index < -0.39 is 5.97 Å². The van der Waals surface area contributed by atoms with Gasteiger partial charge in [-0.2, -0.15) is 0 Å². The minimum atomic E-state index is -0.871. The Morgan fingerprint density at radius 1 is 1.26 bits per heavy atom. The SMILES string of the molecule is O=C(O)CCN(CC1CC1)C(=O)c1ccc(Br)cc1. The number of aliphatic carboxylic acids is 1. The molecule has 4 nitrogen and oxygen atoms in total. The van der Waals surface area contributed by atoms with E-state index in [4.69, 9.17) is 5.11 Å². The summed E-state index contributed by atoms with van der Waals surface area (Å²) in [6, 6.07) is 7.15. The van der Waals surface area contributed by atoms with Crippen LogP contribution in [0.2, 0.25) is 0 Å². The van der Waals surface area contributed by atoms with Crippen molar-refractivity contribution in [1.29, 1.82) is 0 Å². The second-order valence-electron chi connectivity index (χ2n) is 4.85. The van der Waals surface area contributed by atoms with Crippen LogP contribution in [-0.2, 0) is 4.79 Å². The Balaban J connectivity index is 2.04. The number of hydrogen-bond acceptors (Lipinski definition) is 2. The van der Waals surface area contributed by atoms with Gasteiger partial charge in [0.2, 0.25) is 0 Å². The lowest BCUT2D eigenvalue weighted by molar-refractivity contribution is -0.137. The first kappa shape index (κ1) is 14.1. The first-order valence-corrected chi connectivity index (χ1v) is 7.12. The molecule has 0 bridgehead atoms. The second kappa shape index (κ2) is 6.19. The van der Waals surface area contributed by atoms with Crippen molar-refractivity contribution < 1.29 is 14.7 Å². The van der Waals surface area contributed by atoms with E-state index in [1.54, 1.807) is 17.0 Å². The number of carbonyl (C=O) groups is 2. The van der Waals surface area contributed by atoms with Crippen LogP contribution in [0, 0.1) is 5.92 Å². The van der Waals surface area contributed by atoms with Gasteiger partial charge in [0, 0.05) is 23.1 Å². The summed E-state index contributed by atoms with van der Waals surface area (Å²) in [6.07, 6.45) is 2.27. The van der Waals surface area contributed by atoms with Gasteiger partial charge in [-0.05, 0) is 43.0 Å². The topological polar surface area (TPSA) is 57.6 Å². The van der Waals surface area contributed by atoms with E-state index in [1.165, 1.54) is 0 Å². The Labute approximate surface area is 120 Å². The third-order valence-electron chi connectivity index (χ3n) is 3.15. The van der Waals surface area contributed by atoms with Gasteiger partial charge in [0.25, 0.3) is 5.91 Å². The zero-order chi connectivity index (χ0) is 13.8. The van der Waals surface area contributed by atoms with Crippen LogP contribution in [0.4, 0.5) is 0 Å². The Hall–Kier alpha value is -1.36. The van der Waals surface area contributed by atoms with Crippen LogP contribution in [-0.4, -0.2) is 35.0 Å². The van der Waals surface area contributed by atoms with Crippen LogP contribution in [0.25, 0.3) is 0 Å². The molecular formula is C14H16BrNO3. The van der Waals surface area contributed by atoms with Gasteiger partial charge < -0.3 is 10.0 Å². The summed E-state index contributed by atoms with van der Waals surface area (Å²) >= 11 is 3.33. The maximum atomic E-state index is 12.3. The lowest BCUT2D eigenvalue weighted by Crippen LogP contribution is -2.34. The zero-order valence-corrected chi connectivity index (χ0v) is 12.1. The van der Waals surface area contributed by atoms with Crippen molar-refractivity contribution in [3.63, 3.8) is 0 Å². The molecule has 1 N–H and O–H groups in total. The van der Waals surface area contributed by atoms with Crippen LogP contribution in [0.15, 0.2) is 28.7 Å². The van der Waals surface area contributed by atoms with Gasteiger partial charge in [-0.25, -0.2) is 0 Å². The average molecular weight is 326 g/mol. The van der Waals surface area contributed by atoms with Crippen LogP contribution >= 0.6 is 15.9 Å². The van der Waals surface area contributed by atoms with Gasteiger partial charge in [-0.15, -0.1) is 0 Å². The standard InChI is InChI=1S/C14H16BrNO3/c15-12-5-3-11(4-6-12)14(19)16(8-7-13(17)18)9-10-1-2-10/h3-6,10H,1-2,7-9H2,(H,17,18). The smallest absolute Gasteiger partial charge is 0.305 e. The average Bonchev–Trinajstić information content (AvgIpc) is 3.18. The highest BCUT2D eigenvalue weighted by molar-refractivity contribution is 9.10. The van der Waals surface area contributed by atoms with E-state index in [0.717, 1.165) is 17.3 Å². The molecule has 1 aliphatic carbocycles. The molecule has 1 aromatic rings. The largest absolute Gasteiger partial charge is 0.481 e. The summed E-state index contributed by atoms with van der Waals surface area (Å²) in [4.78, 5) is 24.7. The number of carboxylic acids is 1. The van der Waals surface area contributed by atoms with Gasteiger partial charge in [-0.1, -0.05) is 15.9 Å². The van der Waals surface area contributed by atoms with Crippen molar-refractivity contribution in [2.75, 3.05) is 13.1 Å². The van der Waals surface area contributed by atoms with Crippen molar-refractivity contribution in [2.45, 2.75) is 19.3 Å². The maximum absolute atomic E-state index is 12.3. The summed E-state index contributed by atoms with van der Waals surface area (Å²) in [5.41, 5.74) is 0.606. The number of halogens is 1. The molecule has 1 fully saturated rings. The Morgan fingerprint density at radius 2 is 1.89 bits per heavy atom. The quantitative estimate of drug-likeness (QED) is 0.874. The predicted octanol–water partition coefficient (Wildman–Crippen LogP) is 2.78. The Morgan fingerprint density at radius 3 is 2.42 bits per heavy atom. The van der Waals surface area contributed by atoms with Crippen LogP contribution < -0.4 is 0 Å². The fourth-order valence-electron chi connectivity index (χ4n) is 1.89. The number of nitrogens with zero attached hydrogens (tertiary/aromatic N) is 1. The molecule has 2 rings (SSSR count). The third kappa shape index (κ3) is 4.35. The molecule has 5 heteroatoms. The van der Waals surface area contributed by atoms with E-state index in [-0.39, 0.29) is 18.9 Å². The van der Waals surface area contributed by atoms with Gasteiger partial charge in [0.15, 0.2) is 0 Å². The van der Waals surface area contributed by atoms with Crippen molar-refractivity contribution >= 4 is 27.8 Å². The Kier molecular flexibility index (Phi) is 4.58. The van der Waals surface area contributed by atoms with Gasteiger partial charge >= 0.3 is 5.97 Å². The van der Waals surface area contributed by atoms with E-state index in [1.807, 2.05) is 12.1 Å². The summed E-state index contributed by atoms with van der Waals surface area (Å²) in [5, 5.41) is 8.76. The minimum absolute atomic E-state index is 0.00497. The fraction of sp³-hybridized carbons (Fsp3) is 0.429. The molecule has 1 aliphatic rings. The molecule has 0 radical (unpaired) electrons. The highest BCUT2D eigenvalue weighted by Crippen LogP contribution is 2.30. The molecule has 1 amide bonds. The lowest BCUT2D eigenvalue weighted by atomic mass is 10.2. The molecule has 0 saturated heterocycles. The molecule has 1 aromatic carbocycles. The number of benzene rings is 1. The van der Waals surface area contributed by atoms with E-state index >= 15 is 0 Å². The molecule has 19 heavy (non-hydrogen) atoms.